The van der Waals surface area contributed by atoms with Crippen LogP contribution in [0.4, 0.5) is 0 Å². The molecule has 0 radical (unpaired) electrons. The summed E-state index contributed by atoms with van der Waals surface area (Å²) in [5.74, 6) is 0.882. The normalized spacial score (nSPS) is 21.9. The number of carbonyl (C=O) groups excluding carboxylic acids is 1. The number of thioether (sulfide) groups is 1. The van der Waals surface area contributed by atoms with Crippen LogP contribution in [0.3, 0.4) is 0 Å². The van der Waals surface area contributed by atoms with E-state index >= 15 is 0 Å². The first kappa shape index (κ1) is 12.9. The van der Waals surface area contributed by atoms with E-state index in [0.29, 0.717) is 17.7 Å². The topological polar surface area (TPSA) is 68.0 Å². The molecular formula is C14H19N3OS. The zero-order chi connectivity index (χ0) is 13.3. The number of pyridine rings is 1. The molecule has 1 aromatic rings. The van der Waals surface area contributed by atoms with Crippen molar-refractivity contribution in [1.29, 1.82) is 0 Å². The quantitative estimate of drug-likeness (QED) is 0.742. The molecule has 1 unspecified atom stereocenters. The second-order valence-electron chi connectivity index (χ2n) is 5.49. The van der Waals surface area contributed by atoms with E-state index in [1.807, 2.05) is 18.2 Å². The SMILES string of the molecule is NC(=O)C(CSc1ccccn1)(NC1CC1)C1CC1. The van der Waals surface area contributed by atoms with Crippen molar-refractivity contribution < 1.29 is 4.79 Å². The average Bonchev–Trinajstić information content (AvgIpc) is 3.28. The molecule has 19 heavy (non-hydrogen) atoms. The van der Waals surface area contributed by atoms with Crippen LogP contribution in [0.1, 0.15) is 25.7 Å². The summed E-state index contributed by atoms with van der Waals surface area (Å²) in [6.07, 6.45) is 6.31. The van der Waals surface area contributed by atoms with Crippen LogP contribution in [0.2, 0.25) is 0 Å². The fourth-order valence-corrected chi connectivity index (χ4v) is 3.56. The van der Waals surface area contributed by atoms with Crippen molar-refractivity contribution in [3.8, 4) is 0 Å². The number of nitrogens with one attached hydrogen (secondary N) is 1. The Balaban J connectivity index is 1.72. The third kappa shape index (κ3) is 2.92. The Kier molecular flexibility index (Phi) is 3.50. The molecule has 3 N–H and O–H groups in total. The molecule has 102 valence electrons. The summed E-state index contributed by atoms with van der Waals surface area (Å²) in [4.78, 5) is 16.3. The van der Waals surface area contributed by atoms with E-state index in [-0.39, 0.29) is 5.91 Å². The molecule has 1 heterocycles. The number of carbonyl (C=O) groups is 1. The zero-order valence-electron chi connectivity index (χ0n) is 10.8. The molecule has 0 saturated heterocycles. The molecule has 0 aromatic carbocycles. The molecule has 2 aliphatic rings. The van der Waals surface area contributed by atoms with Gasteiger partial charge in [-0.25, -0.2) is 4.98 Å². The maximum Gasteiger partial charge on any atom is 0.238 e. The van der Waals surface area contributed by atoms with Crippen molar-refractivity contribution in [1.82, 2.24) is 10.3 Å². The van der Waals surface area contributed by atoms with Gasteiger partial charge in [0.05, 0.1) is 5.03 Å². The van der Waals surface area contributed by atoms with Crippen molar-refractivity contribution in [2.45, 2.75) is 42.3 Å². The fourth-order valence-electron chi connectivity index (χ4n) is 2.41. The third-order valence-electron chi connectivity index (χ3n) is 3.84. The number of aromatic nitrogens is 1. The third-order valence-corrected chi connectivity index (χ3v) is 4.98. The molecule has 0 aliphatic heterocycles. The minimum atomic E-state index is -0.538. The van der Waals surface area contributed by atoms with Crippen molar-refractivity contribution in [3.05, 3.63) is 24.4 Å². The summed E-state index contributed by atoms with van der Waals surface area (Å²) in [6, 6.07) is 6.32. The first-order chi connectivity index (χ1) is 9.21. The molecule has 1 amide bonds. The van der Waals surface area contributed by atoms with Gasteiger partial charge in [0.1, 0.15) is 5.54 Å². The highest BCUT2D eigenvalue weighted by molar-refractivity contribution is 7.99. The number of nitrogens with zero attached hydrogens (tertiary/aromatic N) is 1. The standard InChI is InChI=1S/C14H19N3OS/c15-13(18)14(10-4-5-10,17-11-6-7-11)9-19-12-3-1-2-8-16-12/h1-3,8,10-11,17H,4-7,9H2,(H2,15,18). The van der Waals surface area contributed by atoms with Crippen LogP contribution in [0.25, 0.3) is 0 Å². The molecule has 3 rings (SSSR count). The monoisotopic (exact) mass is 277 g/mol. The minimum absolute atomic E-state index is 0.203. The Morgan fingerprint density at radius 1 is 1.42 bits per heavy atom. The van der Waals surface area contributed by atoms with Gasteiger partial charge in [-0.3, -0.25) is 10.1 Å². The Labute approximate surface area is 117 Å². The highest BCUT2D eigenvalue weighted by Crippen LogP contribution is 2.43. The Hall–Kier alpha value is -1.07. The molecule has 0 bridgehead atoms. The van der Waals surface area contributed by atoms with Crippen LogP contribution >= 0.6 is 11.8 Å². The van der Waals surface area contributed by atoms with Gasteiger partial charge in [0.25, 0.3) is 0 Å². The molecule has 5 heteroatoms. The van der Waals surface area contributed by atoms with Gasteiger partial charge >= 0.3 is 0 Å². The van der Waals surface area contributed by atoms with Gasteiger partial charge in [0.15, 0.2) is 0 Å². The average molecular weight is 277 g/mol. The number of hydrogen-bond donors (Lipinski definition) is 2. The van der Waals surface area contributed by atoms with Crippen molar-refractivity contribution in [3.63, 3.8) is 0 Å². The van der Waals surface area contributed by atoms with Gasteiger partial charge in [-0.2, -0.15) is 0 Å². The van der Waals surface area contributed by atoms with Gasteiger partial charge in [0.2, 0.25) is 5.91 Å². The summed E-state index contributed by atoms with van der Waals surface area (Å²) < 4.78 is 0. The van der Waals surface area contributed by atoms with E-state index in [9.17, 15) is 4.79 Å². The van der Waals surface area contributed by atoms with E-state index in [2.05, 4.69) is 10.3 Å². The highest BCUT2D eigenvalue weighted by Gasteiger charge is 2.51. The predicted octanol–water partition coefficient (Wildman–Crippen LogP) is 1.56. The molecule has 2 fully saturated rings. The second-order valence-corrected chi connectivity index (χ2v) is 6.48. The second kappa shape index (κ2) is 5.13. The van der Waals surface area contributed by atoms with Gasteiger partial charge in [-0.05, 0) is 43.7 Å². The number of hydrogen-bond acceptors (Lipinski definition) is 4. The van der Waals surface area contributed by atoms with Crippen LogP contribution < -0.4 is 11.1 Å². The Morgan fingerprint density at radius 3 is 2.74 bits per heavy atom. The number of nitrogens with two attached hydrogens (primary N) is 1. The highest BCUT2D eigenvalue weighted by atomic mass is 32.2. The summed E-state index contributed by atoms with van der Waals surface area (Å²) in [5.41, 5.74) is 5.18. The van der Waals surface area contributed by atoms with Crippen molar-refractivity contribution >= 4 is 17.7 Å². The van der Waals surface area contributed by atoms with Crippen molar-refractivity contribution in [2.24, 2.45) is 11.7 Å². The molecule has 2 saturated carbocycles. The lowest BCUT2D eigenvalue weighted by molar-refractivity contribution is -0.124. The Morgan fingerprint density at radius 2 is 2.21 bits per heavy atom. The van der Waals surface area contributed by atoms with E-state index in [4.69, 9.17) is 5.73 Å². The maximum absolute atomic E-state index is 12.0. The fraction of sp³-hybridized carbons (Fsp3) is 0.571. The number of rotatable bonds is 7. The largest absolute Gasteiger partial charge is 0.368 e. The Bertz CT molecular complexity index is 459. The van der Waals surface area contributed by atoms with Crippen LogP contribution in [-0.2, 0) is 4.79 Å². The lowest BCUT2D eigenvalue weighted by Crippen LogP contribution is -2.60. The minimum Gasteiger partial charge on any atom is -0.368 e. The zero-order valence-corrected chi connectivity index (χ0v) is 11.7. The number of primary amides is 1. The van der Waals surface area contributed by atoms with Gasteiger partial charge in [0, 0.05) is 18.0 Å². The van der Waals surface area contributed by atoms with Gasteiger partial charge in [-0.1, -0.05) is 6.07 Å². The summed E-state index contributed by atoms with van der Waals surface area (Å²) in [6.45, 7) is 0. The summed E-state index contributed by atoms with van der Waals surface area (Å²) in [5, 5.41) is 4.46. The summed E-state index contributed by atoms with van der Waals surface area (Å²) in [7, 11) is 0. The first-order valence-electron chi connectivity index (χ1n) is 6.82. The van der Waals surface area contributed by atoms with Gasteiger partial charge < -0.3 is 5.73 Å². The predicted molar refractivity (Wildman–Crippen MR) is 75.8 cm³/mol. The van der Waals surface area contributed by atoms with E-state index in [1.54, 1.807) is 18.0 Å². The maximum atomic E-state index is 12.0. The smallest absolute Gasteiger partial charge is 0.238 e. The van der Waals surface area contributed by atoms with E-state index in [1.165, 1.54) is 0 Å². The number of amides is 1. The lowest BCUT2D eigenvalue weighted by Gasteiger charge is -2.31. The molecule has 1 atom stereocenters. The van der Waals surface area contributed by atoms with E-state index in [0.717, 1.165) is 30.7 Å². The van der Waals surface area contributed by atoms with Gasteiger partial charge in [-0.15, -0.1) is 11.8 Å². The summed E-state index contributed by atoms with van der Waals surface area (Å²) >= 11 is 1.62. The molecule has 4 nitrogen and oxygen atoms in total. The molecule has 2 aliphatic carbocycles. The van der Waals surface area contributed by atoms with Crippen LogP contribution in [0, 0.1) is 5.92 Å². The first-order valence-corrected chi connectivity index (χ1v) is 7.81. The molecule has 0 spiro atoms. The molecule has 1 aromatic heterocycles. The lowest BCUT2D eigenvalue weighted by atomic mass is 9.94. The van der Waals surface area contributed by atoms with Crippen LogP contribution in [0.15, 0.2) is 29.4 Å². The van der Waals surface area contributed by atoms with E-state index < -0.39 is 5.54 Å². The van der Waals surface area contributed by atoms with Crippen molar-refractivity contribution in [2.75, 3.05) is 5.75 Å². The van der Waals surface area contributed by atoms with Crippen LogP contribution in [-0.4, -0.2) is 28.2 Å². The van der Waals surface area contributed by atoms with Crippen LogP contribution in [0.5, 0.6) is 0 Å². The molecular weight excluding hydrogens is 258 g/mol.